The minimum absolute atomic E-state index is 0.0171. The summed E-state index contributed by atoms with van der Waals surface area (Å²) in [6.07, 6.45) is 7.62. The van der Waals surface area contributed by atoms with Crippen molar-refractivity contribution in [3.05, 3.63) is 58.5 Å². The van der Waals surface area contributed by atoms with Gasteiger partial charge in [-0.05, 0) is 54.8 Å². The van der Waals surface area contributed by atoms with Crippen LogP contribution in [-0.4, -0.2) is 36.9 Å². The molecule has 0 aromatic heterocycles. The summed E-state index contributed by atoms with van der Waals surface area (Å²) in [5, 5.41) is 2.94. The van der Waals surface area contributed by atoms with E-state index in [1.165, 1.54) is 31.0 Å². The van der Waals surface area contributed by atoms with Crippen LogP contribution in [0.25, 0.3) is 6.08 Å². The standard InChI is InChI=1S/C24H26N2O3S/c1-26(18-6-4-3-5-7-18)24(28)17-10-13-21-20(15-17)25-23(27)22(30-21)14-16-8-11-19(29-2)12-9-16/h8-15,18H,3-7H2,1-2H3,(H,25,27)/b22-14+. The lowest BCUT2D eigenvalue weighted by atomic mass is 9.94. The second kappa shape index (κ2) is 8.96. The lowest BCUT2D eigenvalue weighted by Gasteiger charge is -2.31. The second-order valence-electron chi connectivity index (χ2n) is 7.76. The van der Waals surface area contributed by atoms with Crippen LogP contribution in [0.2, 0.25) is 0 Å². The quantitative estimate of drug-likeness (QED) is 0.690. The summed E-state index contributed by atoms with van der Waals surface area (Å²) in [6.45, 7) is 0. The highest BCUT2D eigenvalue weighted by Gasteiger charge is 2.26. The molecule has 0 spiro atoms. The number of nitrogens with one attached hydrogen (secondary N) is 1. The summed E-state index contributed by atoms with van der Waals surface area (Å²) in [6, 6.07) is 13.4. The SMILES string of the molecule is COc1ccc(/C=C2/Sc3ccc(C(=O)N(C)C4CCCCC4)cc3NC2=O)cc1. The molecule has 1 aliphatic carbocycles. The molecule has 0 bridgehead atoms. The summed E-state index contributed by atoms with van der Waals surface area (Å²) in [5.74, 6) is 0.635. The molecular weight excluding hydrogens is 396 g/mol. The number of nitrogens with zero attached hydrogens (tertiary/aromatic N) is 1. The van der Waals surface area contributed by atoms with Gasteiger partial charge in [-0.3, -0.25) is 9.59 Å². The number of carbonyl (C=O) groups excluding carboxylic acids is 2. The van der Waals surface area contributed by atoms with E-state index in [-0.39, 0.29) is 11.8 Å². The van der Waals surface area contributed by atoms with E-state index in [1.54, 1.807) is 13.2 Å². The molecule has 0 saturated heterocycles. The zero-order valence-electron chi connectivity index (χ0n) is 17.3. The number of hydrogen-bond acceptors (Lipinski definition) is 4. The van der Waals surface area contributed by atoms with Crippen molar-refractivity contribution in [2.75, 3.05) is 19.5 Å². The fraction of sp³-hybridized carbons (Fsp3) is 0.333. The average Bonchev–Trinajstić information content (AvgIpc) is 2.79. The van der Waals surface area contributed by atoms with Crippen LogP contribution < -0.4 is 10.1 Å². The first-order chi connectivity index (χ1) is 14.5. The molecule has 0 atom stereocenters. The van der Waals surface area contributed by atoms with E-state index in [4.69, 9.17) is 4.74 Å². The highest BCUT2D eigenvalue weighted by molar-refractivity contribution is 8.04. The highest BCUT2D eigenvalue weighted by atomic mass is 32.2. The van der Waals surface area contributed by atoms with E-state index in [1.807, 2.05) is 54.4 Å². The van der Waals surface area contributed by atoms with E-state index in [0.29, 0.717) is 22.2 Å². The zero-order chi connectivity index (χ0) is 21.1. The number of thioether (sulfide) groups is 1. The van der Waals surface area contributed by atoms with Gasteiger partial charge < -0.3 is 15.0 Å². The van der Waals surface area contributed by atoms with Gasteiger partial charge in [0.2, 0.25) is 0 Å². The Morgan fingerprint density at radius 1 is 1.13 bits per heavy atom. The molecule has 0 radical (unpaired) electrons. The largest absolute Gasteiger partial charge is 0.497 e. The molecule has 4 rings (SSSR count). The highest BCUT2D eigenvalue weighted by Crippen LogP contribution is 2.39. The van der Waals surface area contributed by atoms with Crippen LogP contribution in [0.1, 0.15) is 48.0 Å². The molecule has 156 valence electrons. The Bertz CT molecular complexity index is 978. The van der Waals surface area contributed by atoms with Gasteiger partial charge in [0, 0.05) is 23.5 Å². The Labute approximate surface area is 181 Å². The van der Waals surface area contributed by atoms with Gasteiger partial charge in [0.05, 0.1) is 17.7 Å². The van der Waals surface area contributed by atoms with E-state index >= 15 is 0 Å². The molecule has 2 aromatic rings. The molecule has 1 fully saturated rings. The minimum atomic E-state index is -0.159. The Balaban J connectivity index is 1.51. The Morgan fingerprint density at radius 2 is 1.87 bits per heavy atom. The smallest absolute Gasteiger partial charge is 0.262 e. The minimum Gasteiger partial charge on any atom is -0.497 e. The van der Waals surface area contributed by atoms with Gasteiger partial charge in [-0.15, -0.1) is 0 Å². The maximum absolute atomic E-state index is 13.0. The monoisotopic (exact) mass is 422 g/mol. The molecule has 6 heteroatoms. The van der Waals surface area contributed by atoms with Gasteiger partial charge in [-0.2, -0.15) is 0 Å². The Kier molecular flexibility index (Phi) is 6.13. The fourth-order valence-corrected chi connectivity index (χ4v) is 4.91. The molecule has 1 saturated carbocycles. The van der Waals surface area contributed by atoms with Crippen LogP contribution in [0, 0.1) is 0 Å². The number of anilines is 1. The number of fused-ring (bicyclic) bond motifs is 1. The maximum atomic E-state index is 13.0. The summed E-state index contributed by atoms with van der Waals surface area (Å²) < 4.78 is 5.18. The third-order valence-electron chi connectivity index (χ3n) is 5.77. The van der Waals surface area contributed by atoms with Crippen molar-refractivity contribution >= 4 is 35.3 Å². The molecule has 2 amide bonds. The summed E-state index contributed by atoms with van der Waals surface area (Å²) in [4.78, 5) is 29.0. The fourth-order valence-electron chi connectivity index (χ4n) is 3.98. The van der Waals surface area contributed by atoms with Crippen molar-refractivity contribution in [1.82, 2.24) is 4.90 Å². The second-order valence-corrected chi connectivity index (χ2v) is 8.84. The third-order valence-corrected chi connectivity index (χ3v) is 6.87. The summed E-state index contributed by atoms with van der Waals surface area (Å²) >= 11 is 1.42. The van der Waals surface area contributed by atoms with Gasteiger partial charge in [0.15, 0.2) is 0 Å². The van der Waals surface area contributed by atoms with Crippen LogP contribution in [0.3, 0.4) is 0 Å². The molecule has 1 heterocycles. The number of ether oxygens (including phenoxy) is 1. The number of carbonyl (C=O) groups is 2. The number of rotatable bonds is 4. The lowest BCUT2D eigenvalue weighted by molar-refractivity contribution is -0.112. The molecule has 30 heavy (non-hydrogen) atoms. The van der Waals surface area contributed by atoms with E-state index in [2.05, 4.69) is 5.32 Å². The van der Waals surface area contributed by atoms with Gasteiger partial charge in [-0.1, -0.05) is 43.2 Å². The first kappa shape index (κ1) is 20.5. The molecule has 5 nitrogen and oxygen atoms in total. The molecule has 1 aliphatic heterocycles. The van der Waals surface area contributed by atoms with Gasteiger partial charge in [0.1, 0.15) is 5.75 Å². The molecule has 2 aromatic carbocycles. The van der Waals surface area contributed by atoms with Crippen molar-refractivity contribution < 1.29 is 14.3 Å². The van der Waals surface area contributed by atoms with Crippen LogP contribution >= 0.6 is 11.8 Å². The van der Waals surface area contributed by atoms with Crippen LogP contribution in [0.4, 0.5) is 5.69 Å². The van der Waals surface area contributed by atoms with Gasteiger partial charge in [0.25, 0.3) is 11.8 Å². The van der Waals surface area contributed by atoms with Crippen molar-refractivity contribution in [2.24, 2.45) is 0 Å². The maximum Gasteiger partial charge on any atom is 0.262 e. The number of benzene rings is 2. The third kappa shape index (κ3) is 4.38. The molecule has 2 aliphatic rings. The Morgan fingerprint density at radius 3 is 2.57 bits per heavy atom. The normalized spacial score (nSPS) is 17.9. The topological polar surface area (TPSA) is 58.6 Å². The van der Waals surface area contributed by atoms with E-state index in [0.717, 1.165) is 29.1 Å². The molecule has 0 unspecified atom stereocenters. The van der Waals surface area contributed by atoms with Crippen molar-refractivity contribution in [3.8, 4) is 5.75 Å². The first-order valence-electron chi connectivity index (χ1n) is 10.3. The molecule has 1 N–H and O–H groups in total. The lowest BCUT2D eigenvalue weighted by Crippen LogP contribution is -2.38. The Hall–Kier alpha value is -2.73. The van der Waals surface area contributed by atoms with Crippen LogP contribution in [0.15, 0.2) is 52.3 Å². The van der Waals surface area contributed by atoms with Gasteiger partial charge in [-0.25, -0.2) is 0 Å². The van der Waals surface area contributed by atoms with Crippen LogP contribution in [0.5, 0.6) is 5.75 Å². The van der Waals surface area contributed by atoms with Crippen molar-refractivity contribution in [1.29, 1.82) is 0 Å². The van der Waals surface area contributed by atoms with Crippen LogP contribution in [-0.2, 0) is 4.79 Å². The van der Waals surface area contributed by atoms with Crippen molar-refractivity contribution in [2.45, 2.75) is 43.0 Å². The first-order valence-corrected chi connectivity index (χ1v) is 11.1. The zero-order valence-corrected chi connectivity index (χ0v) is 18.1. The number of hydrogen-bond donors (Lipinski definition) is 1. The predicted molar refractivity (Wildman–Crippen MR) is 121 cm³/mol. The summed E-state index contributed by atoms with van der Waals surface area (Å²) in [7, 11) is 3.52. The van der Waals surface area contributed by atoms with E-state index < -0.39 is 0 Å². The summed E-state index contributed by atoms with van der Waals surface area (Å²) in [5.41, 5.74) is 2.24. The average molecular weight is 423 g/mol. The number of amides is 2. The number of methoxy groups -OCH3 is 1. The van der Waals surface area contributed by atoms with Crippen molar-refractivity contribution in [3.63, 3.8) is 0 Å². The van der Waals surface area contributed by atoms with Gasteiger partial charge >= 0.3 is 0 Å². The van der Waals surface area contributed by atoms with E-state index in [9.17, 15) is 9.59 Å². The predicted octanol–water partition coefficient (Wildman–Crippen LogP) is 5.19. The molecular formula is C24H26N2O3S.